The van der Waals surface area contributed by atoms with Crippen molar-refractivity contribution in [1.29, 1.82) is 5.26 Å². The third kappa shape index (κ3) is 2.25. The summed E-state index contributed by atoms with van der Waals surface area (Å²) < 4.78 is 1.58. The molecule has 1 heterocycles. The highest BCUT2D eigenvalue weighted by atomic mass is 16.1. The van der Waals surface area contributed by atoms with E-state index >= 15 is 0 Å². The molecule has 5 heteroatoms. The number of aryl methyl sites for hydroxylation is 1. The van der Waals surface area contributed by atoms with E-state index < -0.39 is 5.41 Å². The largest absolute Gasteiger partial charge is 0.298 e. The molecule has 5 nitrogen and oxygen atoms in total. The van der Waals surface area contributed by atoms with Crippen LogP contribution in [0.15, 0.2) is 36.7 Å². The molecule has 96 valence electrons. The summed E-state index contributed by atoms with van der Waals surface area (Å²) in [4.78, 5) is 16.2. The highest BCUT2D eigenvalue weighted by Gasteiger charge is 2.39. The molecular formula is C14H14N4O. The summed E-state index contributed by atoms with van der Waals surface area (Å²) in [6, 6.07) is 11.2. The number of nitriles is 1. The molecule has 2 aromatic rings. The monoisotopic (exact) mass is 254 g/mol. The Bertz CT molecular complexity index is 626. The number of aromatic nitrogens is 3. The number of carbonyl (C=O) groups excluding carboxylic acids is 1. The Morgan fingerprint density at radius 1 is 1.42 bits per heavy atom. The summed E-state index contributed by atoms with van der Waals surface area (Å²) >= 11 is 0. The van der Waals surface area contributed by atoms with E-state index in [0.29, 0.717) is 11.4 Å². The first-order chi connectivity index (χ1) is 9.10. The number of rotatable bonds is 4. The zero-order chi connectivity index (χ0) is 13.9. The van der Waals surface area contributed by atoms with E-state index in [9.17, 15) is 10.1 Å². The summed E-state index contributed by atoms with van der Waals surface area (Å²) in [5.74, 6) is 0.421. The molecule has 0 bridgehead atoms. The smallest absolute Gasteiger partial charge is 0.154 e. The van der Waals surface area contributed by atoms with Gasteiger partial charge in [-0.15, -0.1) is 0 Å². The van der Waals surface area contributed by atoms with E-state index in [0.717, 1.165) is 0 Å². The van der Waals surface area contributed by atoms with Crippen molar-refractivity contribution in [2.45, 2.75) is 18.8 Å². The quantitative estimate of drug-likeness (QED) is 0.827. The molecule has 0 saturated heterocycles. The maximum atomic E-state index is 12.1. The van der Waals surface area contributed by atoms with Gasteiger partial charge < -0.3 is 0 Å². The van der Waals surface area contributed by atoms with E-state index in [-0.39, 0.29) is 12.2 Å². The van der Waals surface area contributed by atoms with Crippen LogP contribution < -0.4 is 0 Å². The van der Waals surface area contributed by atoms with Gasteiger partial charge in [-0.1, -0.05) is 30.3 Å². The van der Waals surface area contributed by atoms with Gasteiger partial charge in [-0.25, -0.2) is 4.98 Å². The SMILES string of the molecule is CC(=O)C(C#N)(Cc1ncnn1C)c1ccccc1. The lowest BCUT2D eigenvalue weighted by Crippen LogP contribution is -2.36. The van der Waals surface area contributed by atoms with Crippen LogP contribution in [0.2, 0.25) is 0 Å². The van der Waals surface area contributed by atoms with Gasteiger partial charge >= 0.3 is 0 Å². The summed E-state index contributed by atoms with van der Waals surface area (Å²) in [6.45, 7) is 1.44. The van der Waals surface area contributed by atoms with Gasteiger partial charge in [0, 0.05) is 13.5 Å². The van der Waals surface area contributed by atoms with Gasteiger partial charge in [0.1, 0.15) is 17.6 Å². The minimum absolute atomic E-state index is 0.191. The van der Waals surface area contributed by atoms with Crippen molar-refractivity contribution < 1.29 is 4.79 Å². The topological polar surface area (TPSA) is 71.6 Å². The second kappa shape index (κ2) is 5.02. The number of ketones is 1. The van der Waals surface area contributed by atoms with E-state index in [2.05, 4.69) is 16.2 Å². The third-order valence-electron chi connectivity index (χ3n) is 3.29. The molecule has 0 fully saturated rings. The third-order valence-corrected chi connectivity index (χ3v) is 3.29. The van der Waals surface area contributed by atoms with Crippen molar-refractivity contribution in [3.63, 3.8) is 0 Å². The molecule has 0 radical (unpaired) electrons. The number of hydrogen-bond acceptors (Lipinski definition) is 4. The van der Waals surface area contributed by atoms with Crippen molar-refractivity contribution >= 4 is 5.78 Å². The van der Waals surface area contributed by atoms with Crippen LogP contribution in [0.3, 0.4) is 0 Å². The van der Waals surface area contributed by atoms with Gasteiger partial charge in [0.05, 0.1) is 6.07 Å². The number of benzene rings is 1. The predicted octanol–water partition coefficient (Wildman–Crippen LogP) is 1.41. The maximum absolute atomic E-state index is 12.1. The predicted molar refractivity (Wildman–Crippen MR) is 69.1 cm³/mol. The Labute approximate surface area is 111 Å². The van der Waals surface area contributed by atoms with Crippen LogP contribution in [-0.4, -0.2) is 20.5 Å². The van der Waals surface area contributed by atoms with Crippen molar-refractivity contribution in [2.24, 2.45) is 7.05 Å². The molecule has 1 atom stereocenters. The molecule has 1 unspecified atom stereocenters. The van der Waals surface area contributed by atoms with E-state index in [4.69, 9.17) is 0 Å². The minimum Gasteiger partial charge on any atom is -0.298 e. The zero-order valence-electron chi connectivity index (χ0n) is 10.9. The molecule has 0 N–H and O–H groups in total. The van der Waals surface area contributed by atoms with Gasteiger partial charge in [0.25, 0.3) is 0 Å². The average Bonchev–Trinajstić information content (AvgIpc) is 2.82. The van der Waals surface area contributed by atoms with Gasteiger partial charge in [0.2, 0.25) is 0 Å². The van der Waals surface area contributed by atoms with Gasteiger partial charge in [-0.05, 0) is 12.5 Å². The first kappa shape index (κ1) is 13.0. The number of hydrogen-bond donors (Lipinski definition) is 0. The molecular weight excluding hydrogens is 240 g/mol. The first-order valence-electron chi connectivity index (χ1n) is 5.91. The molecule has 0 aliphatic heterocycles. The molecule has 0 saturated carbocycles. The highest BCUT2D eigenvalue weighted by molar-refractivity contribution is 5.91. The normalized spacial score (nSPS) is 13.5. The molecule has 19 heavy (non-hydrogen) atoms. The Hall–Kier alpha value is -2.48. The van der Waals surface area contributed by atoms with Crippen LogP contribution in [0, 0.1) is 11.3 Å². The first-order valence-corrected chi connectivity index (χ1v) is 5.91. The van der Waals surface area contributed by atoms with E-state index in [1.807, 2.05) is 18.2 Å². The number of carbonyl (C=O) groups is 1. The van der Waals surface area contributed by atoms with Crippen LogP contribution in [0.5, 0.6) is 0 Å². The molecule has 2 rings (SSSR count). The lowest BCUT2D eigenvalue weighted by molar-refractivity contribution is -0.120. The van der Waals surface area contributed by atoms with Crippen molar-refractivity contribution in [3.8, 4) is 6.07 Å². The average molecular weight is 254 g/mol. The fourth-order valence-corrected chi connectivity index (χ4v) is 2.05. The lowest BCUT2D eigenvalue weighted by Gasteiger charge is -2.23. The second-order valence-corrected chi connectivity index (χ2v) is 4.42. The number of nitrogens with zero attached hydrogens (tertiary/aromatic N) is 4. The molecule has 0 spiro atoms. The fraction of sp³-hybridized carbons (Fsp3) is 0.286. The zero-order valence-corrected chi connectivity index (χ0v) is 10.9. The second-order valence-electron chi connectivity index (χ2n) is 4.42. The maximum Gasteiger partial charge on any atom is 0.154 e. The summed E-state index contributed by atoms with van der Waals surface area (Å²) in [7, 11) is 1.75. The van der Waals surface area contributed by atoms with Crippen molar-refractivity contribution in [2.75, 3.05) is 0 Å². The molecule has 0 amide bonds. The van der Waals surface area contributed by atoms with E-state index in [1.165, 1.54) is 13.3 Å². The minimum atomic E-state index is -1.21. The van der Waals surface area contributed by atoms with Gasteiger partial charge in [0.15, 0.2) is 5.78 Å². The molecule has 1 aromatic carbocycles. The molecule has 0 aliphatic carbocycles. The van der Waals surface area contributed by atoms with Crippen LogP contribution in [0.1, 0.15) is 18.3 Å². The van der Waals surface area contributed by atoms with Crippen LogP contribution >= 0.6 is 0 Å². The summed E-state index contributed by atoms with van der Waals surface area (Å²) in [5, 5.41) is 13.5. The van der Waals surface area contributed by atoms with E-state index in [1.54, 1.807) is 23.9 Å². The summed E-state index contributed by atoms with van der Waals surface area (Å²) in [6.07, 6.45) is 1.64. The Morgan fingerprint density at radius 3 is 2.58 bits per heavy atom. The highest BCUT2D eigenvalue weighted by Crippen LogP contribution is 2.28. The standard InChI is InChI=1S/C14H14N4O/c1-11(19)14(9-15,12-6-4-3-5-7-12)8-13-16-10-17-18(13)2/h3-7,10H,8H2,1-2H3. The Kier molecular flexibility index (Phi) is 3.43. The molecule has 0 aliphatic rings. The van der Waals surface area contributed by atoms with Crippen molar-refractivity contribution in [1.82, 2.24) is 14.8 Å². The number of Topliss-reactive ketones (excluding diaryl/α,β-unsaturated/α-hetero) is 1. The summed E-state index contributed by atoms with van der Waals surface area (Å²) in [5.41, 5.74) is -0.518. The Morgan fingerprint density at radius 2 is 2.11 bits per heavy atom. The Balaban J connectivity index is 2.51. The fourth-order valence-electron chi connectivity index (χ4n) is 2.05. The van der Waals surface area contributed by atoms with Gasteiger partial charge in [-0.2, -0.15) is 10.4 Å². The van der Waals surface area contributed by atoms with Crippen molar-refractivity contribution in [3.05, 3.63) is 48.0 Å². The van der Waals surface area contributed by atoms with Crippen LogP contribution in [0.4, 0.5) is 0 Å². The van der Waals surface area contributed by atoms with Gasteiger partial charge in [-0.3, -0.25) is 9.48 Å². The van der Waals surface area contributed by atoms with Crippen LogP contribution in [-0.2, 0) is 23.7 Å². The molecule has 1 aromatic heterocycles. The lowest BCUT2D eigenvalue weighted by atomic mass is 9.75. The van der Waals surface area contributed by atoms with Crippen LogP contribution in [0.25, 0.3) is 0 Å².